The van der Waals surface area contributed by atoms with Gasteiger partial charge in [0.05, 0.1) is 19.9 Å². The molecule has 2 N–H and O–H groups in total. The molecular weight excluding hydrogens is 336 g/mol. The average molecular weight is 354 g/mol. The number of ether oxygens (including phenoxy) is 2. The summed E-state index contributed by atoms with van der Waals surface area (Å²) in [6, 6.07) is 10.4. The summed E-state index contributed by atoms with van der Waals surface area (Å²) in [6.07, 6.45) is 1.54. The van der Waals surface area contributed by atoms with E-state index >= 15 is 0 Å². The van der Waals surface area contributed by atoms with Gasteiger partial charge in [0.25, 0.3) is 5.91 Å². The summed E-state index contributed by atoms with van der Waals surface area (Å²) < 4.78 is 15.5. The third-order valence-electron chi connectivity index (χ3n) is 3.55. The number of hydrogen-bond acceptors (Lipinski definition) is 7. The predicted molar refractivity (Wildman–Crippen MR) is 96.3 cm³/mol. The zero-order valence-corrected chi connectivity index (χ0v) is 14.6. The van der Waals surface area contributed by atoms with Crippen molar-refractivity contribution in [1.29, 1.82) is 0 Å². The maximum atomic E-state index is 12.3. The minimum Gasteiger partial charge on any atom is -0.497 e. The summed E-state index contributed by atoms with van der Waals surface area (Å²) in [6.45, 7) is 1.74. The van der Waals surface area contributed by atoms with E-state index in [9.17, 15) is 4.79 Å². The lowest BCUT2D eigenvalue weighted by atomic mass is 10.2. The van der Waals surface area contributed by atoms with Crippen molar-refractivity contribution in [2.24, 2.45) is 0 Å². The van der Waals surface area contributed by atoms with Gasteiger partial charge >= 0.3 is 0 Å². The summed E-state index contributed by atoms with van der Waals surface area (Å²) in [7, 11) is 3.17. The van der Waals surface area contributed by atoms with Gasteiger partial charge in [0.1, 0.15) is 23.0 Å². The van der Waals surface area contributed by atoms with Crippen molar-refractivity contribution in [2.75, 3.05) is 24.9 Å². The van der Waals surface area contributed by atoms with Crippen molar-refractivity contribution >= 4 is 23.1 Å². The van der Waals surface area contributed by atoms with Crippen LogP contribution in [0.2, 0.25) is 0 Å². The van der Waals surface area contributed by atoms with E-state index in [4.69, 9.17) is 14.0 Å². The molecule has 0 aliphatic rings. The number of aromatic nitrogens is 2. The Bertz CT molecular complexity index is 923. The highest BCUT2D eigenvalue weighted by atomic mass is 16.5. The number of carbonyl (C=O) groups is 1. The van der Waals surface area contributed by atoms with Crippen molar-refractivity contribution in [3.63, 3.8) is 0 Å². The van der Waals surface area contributed by atoms with Crippen LogP contribution in [0.4, 0.5) is 17.2 Å². The standard InChI is InChI=1S/C18H18N4O4/c1-11-8-17(22-26-11)21-18(23)15-9-12(6-7-19-15)20-14-10-13(24-2)4-5-16(14)25-3/h4-10H,1-3H3,(H,19,20)(H,21,22,23). The van der Waals surface area contributed by atoms with E-state index in [0.29, 0.717) is 34.5 Å². The Labute approximate surface area is 150 Å². The molecule has 26 heavy (non-hydrogen) atoms. The summed E-state index contributed by atoms with van der Waals surface area (Å²) in [5, 5.41) is 9.57. The number of rotatable bonds is 6. The van der Waals surface area contributed by atoms with Crippen molar-refractivity contribution < 1.29 is 18.8 Å². The third-order valence-corrected chi connectivity index (χ3v) is 3.55. The van der Waals surface area contributed by atoms with Gasteiger partial charge in [-0.15, -0.1) is 0 Å². The number of aryl methyl sites for hydroxylation is 1. The van der Waals surface area contributed by atoms with E-state index in [0.717, 1.165) is 0 Å². The van der Waals surface area contributed by atoms with Crippen molar-refractivity contribution in [3.8, 4) is 11.5 Å². The number of amides is 1. The Morgan fingerprint density at radius 1 is 1.12 bits per heavy atom. The van der Waals surface area contributed by atoms with E-state index in [-0.39, 0.29) is 11.6 Å². The number of hydrogen-bond donors (Lipinski definition) is 2. The lowest BCUT2D eigenvalue weighted by Crippen LogP contribution is -2.14. The van der Waals surface area contributed by atoms with Gasteiger partial charge in [-0.2, -0.15) is 0 Å². The quantitative estimate of drug-likeness (QED) is 0.700. The Hall–Kier alpha value is -3.55. The van der Waals surface area contributed by atoms with Crippen LogP contribution in [0.25, 0.3) is 0 Å². The van der Waals surface area contributed by atoms with E-state index in [1.807, 2.05) is 0 Å². The average Bonchev–Trinajstić information content (AvgIpc) is 3.06. The second-order valence-corrected chi connectivity index (χ2v) is 5.40. The van der Waals surface area contributed by atoms with Crippen LogP contribution in [0.3, 0.4) is 0 Å². The van der Waals surface area contributed by atoms with E-state index < -0.39 is 0 Å². The third kappa shape index (κ3) is 3.92. The molecule has 1 aromatic carbocycles. The molecule has 2 aromatic heterocycles. The van der Waals surface area contributed by atoms with Crippen molar-refractivity contribution in [3.05, 3.63) is 54.0 Å². The van der Waals surface area contributed by atoms with Crippen LogP contribution < -0.4 is 20.1 Å². The maximum absolute atomic E-state index is 12.3. The molecule has 134 valence electrons. The van der Waals surface area contributed by atoms with Gasteiger partial charge < -0.3 is 24.6 Å². The van der Waals surface area contributed by atoms with Gasteiger partial charge in [-0.1, -0.05) is 5.16 Å². The molecule has 8 heteroatoms. The highest BCUT2D eigenvalue weighted by Crippen LogP contribution is 2.31. The molecule has 0 saturated heterocycles. The number of methoxy groups -OCH3 is 2. The van der Waals surface area contributed by atoms with Crippen LogP contribution in [0.5, 0.6) is 11.5 Å². The van der Waals surface area contributed by atoms with Crippen LogP contribution in [-0.2, 0) is 0 Å². The zero-order valence-electron chi connectivity index (χ0n) is 14.6. The van der Waals surface area contributed by atoms with Gasteiger partial charge in [0.15, 0.2) is 5.82 Å². The van der Waals surface area contributed by atoms with Crippen LogP contribution in [0.1, 0.15) is 16.2 Å². The molecule has 1 amide bonds. The van der Waals surface area contributed by atoms with Crippen molar-refractivity contribution in [2.45, 2.75) is 6.92 Å². The number of benzene rings is 1. The minimum absolute atomic E-state index is 0.234. The summed E-state index contributed by atoms with van der Waals surface area (Å²) in [5.74, 6) is 1.88. The second kappa shape index (κ2) is 7.56. The lowest BCUT2D eigenvalue weighted by molar-refractivity contribution is 0.102. The van der Waals surface area contributed by atoms with Crippen LogP contribution in [0, 0.1) is 6.92 Å². The number of anilines is 3. The molecule has 3 rings (SSSR count). The first-order chi connectivity index (χ1) is 12.6. The van der Waals surface area contributed by atoms with Crippen LogP contribution >= 0.6 is 0 Å². The van der Waals surface area contributed by atoms with Crippen molar-refractivity contribution in [1.82, 2.24) is 10.1 Å². The lowest BCUT2D eigenvalue weighted by Gasteiger charge is -2.13. The molecular formula is C18H18N4O4. The summed E-state index contributed by atoms with van der Waals surface area (Å²) in [5.41, 5.74) is 1.61. The molecule has 0 spiro atoms. The first-order valence-corrected chi connectivity index (χ1v) is 7.79. The molecule has 3 aromatic rings. The fourth-order valence-electron chi connectivity index (χ4n) is 2.31. The van der Waals surface area contributed by atoms with Gasteiger partial charge in [-0.05, 0) is 31.2 Å². The molecule has 0 saturated carbocycles. The van der Waals surface area contributed by atoms with Gasteiger partial charge in [0, 0.05) is 24.0 Å². The molecule has 0 radical (unpaired) electrons. The Balaban J connectivity index is 1.80. The first-order valence-electron chi connectivity index (χ1n) is 7.79. The fourth-order valence-corrected chi connectivity index (χ4v) is 2.31. The Kier molecular flexibility index (Phi) is 5.02. The topological polar surface area (TPSA) is 98.5 Å². The molecule has 0 atom stereocenters. The highest BCUT2D eigenvalue weighted by Gasteiger charge is 2.12. The smallest absolute Gasteiger partial charge is 0.275 e. The molecule has 0 fully saturated rings. The molecule has 0 aliphatic heterocycles. The molecule has 2 heterocycles. The first kappa shape index (κ1) is 17.3. The molecule has 0 bridgehead atoms. The molecule has 0 aliphatic carbocycles. The predicted octanol–water partition coefficient (Wildman–Crippen LogP) is 3.39. The minimum atomic E-state index is -0.389. The van der Waals surface area contributed by atoms with Gasteiger partial charge in [-0.3, -0.25) is 9.78 Å². The van der Waals surface area contributed by atoms with E-state index in [2.05, 4.69) is 20.8 Å². The number of nitrogens with one attached hydrogen (secondary N) is 2. The zero-order chi connectivity index (χ0) is 18.5. The largest absolute Gasteiger partial charge is 0.497 e. The molecule has 8 nitrogen and oxygen atoms in total. The number of carbonyl (C=O) groups excluding carboxylic acids is 1. The second-order valence-electron chi connectivity index (χ2n) is 5.40. The summed E-state index contributed by atoms with van der Waals surface area (Å²) in [4.78, 5) is 16.4. The van der Waals surface area contributed by atoms with E-state index in [1.54, 1.807) is 57.5 Å². The van der Waals surface area contributed by atoms with E-state index in [1.165, 1.54) is 6.20 Å². The fraction of sp³-hybridized carbons (Fsp3) is 0.167. The number of pyridine rings is 1. The number of nitrogens with zero attached hydrogens (tertiary/aromatic N) is 2. The monoisotopic (exact) mass is 354 g/mol. The highest BCUT2D eigenvalue weighted by molar-refractivity contribution is 6.02. The Morgan fingerprint density at radius 3 is 2.65 bits per heavy atom. The molecule has 0 unspecified atom stereocenters. The maximum Gasteiger partial charge on any atom is 0.275 e. The van der Waals surface area contributed by atoms with Gasteiger partial charge in [0.2, 0.25) is 0 Å². The summed E-state index contributed by atoms with van der Waals surface area (Å²) >= 11 is 0. The Morgan fingerprint density at radius 2 is 1.96 bits per heavy atom. The normalized spacial score (nSPS) is 10.3. The SMILES string of the molecule is COc1ccc(OC)c(Nc2ccnc(C(=O)Nc3cc(C)on3)c2)c1. The van der Waals surface area contributed by atoms with Crippen LogP contribution in [-0.4, -0.2) is 30.3 Å². The van der Waals surface area contributed by atoms with Crippen LogP contribution in [0.15, 0.2) is 47.1 Å². The van der Waals surface area contributed by atoms with Gasteiger partial charge in [-0.25, -0.2) is 0 Å².